The van der Waals surface area contributed by atoms with Crippen molar-refractivity contribution in [3.63, 3.8) is 0 Å². The van der Waals surface area contributed by atoms with Crippen LogP contribution < -0.4 is 16.4 Å². The molecule has 0 aromatic heterocycles. The molecule has 2 amide bonds. The van der Waals surface area contributed by atoms with Crippen LogP contribution in [0.4, 0.5) is 5.69 Å². The molecule has 1 aromatic rings. The lowest BCUT2D eigenvalue weighted by molar-refractivity contribution is -0.126. The van der Waals surface area contributed by atoms with Gasteiger partial charge in [-0.3, -0.25) is 9.59 Å². The fourth-order valence-electron chi connectivity index (χ4n) is 4.12. The van der Waals surface area contributed by atoms with Crippen molar-refractivity contribution >= 4 is 17.5 Å². The van der Waals surface area contributed by atoms with Gasteiger partial charge >= 0.3 is 0 Å². The van der Waals surface area contributed by atoms with Crippen LogP contribution in [0.5, 0.6) is 0 Å². The molecule has 5 nitrogen and oxygen atoms in total. The maximum atomic E-state index is 12.4. The lowest BCUT2D eigenvalue weighted by Gasteiger charge is -2.27. The Morgan fingerprint density at radius 3 is 2.72 bits per heavy atom. The number of nitrogens with two attached hydrogens (primary N) is 1. The molecular formula is C20H29N3O2. The molecule has 2 atom stereocenters. The van der Waals surface area contributed by atoms with E-state index < -0.39 is 0 Å². The molecule has 2 aliphatic carbocycles. The number of anilines is 1. The third kappa shape index (κ3) is 4.53. The van der Waals surface area contributed by atoms with E-state index in [0.29, 0.717) is 6.42 Å². The molecule has 5 heteroatoms. The molecule has 2 unspecified atom stereocenters. The van der Waals surface area contributed by atoms with Gasteiger partial charge in [-0.2, -0.15) is 0 Å². The maximum absolute atomic E-state index is 12.4. The van der Waals surface area contributed by atoms with Crippen LogP contribution in [0.25, 0.3) is 0 Å². The Kier molecular flexibility index (Phi) is 5.61. The van der Waals surface area contributed by atoms with Crippen molar-refractivity contribution in [2.75, 3.05) is 5.73 Å². The van der Waals surface area contributed by atoms with E-state index in [2.05, 4.69) is 10.6 Å². The third-order valence-corrected chi connectivity index (χ3v) is 5.42. The molecule has 1 fully saturated rings. The highest BCUT2D eigenvalue weighted by Gasteiger charge is 2.25. The predicted molar refractivity (Wildman–Crippen MR) is 98.9 cm³/mol. The molecule has 4 N–H and O–H groups in total. The molecule has 0 saturated heterocycles. The molecule has 2 aliphatic rings. The van der Waals surface area contributed by atoms with Gasteiger partial charge < -0.3 is 16.4 Å². The second-order valence-electron chi connectivity index (χ2n) is 7.57. The van der Waals surface area contributed by atoms with E-state index >= 15 is 0 Å². The fourth-order valence-corrected chi connectivity index (χ4v) is 4.12. The van der Waals surface area contributed by atoms with Crippen molar-refractivity contribution in [2.45, 2.75) is 70.4 Å². The number of carbonyl (C=O) groups excluding carboxylic acids is 2. The topological polar surface area (TPSA) is 84.2 Å². The minimum absolute atomic E-state index is 0.00565. The van der Waals surface area contributed by atoms with Gasteiger partial charge in [-0.25, -0.2) is 0 Å². The smallest absolute Gasteiger partial charge is 0.223 e. The van der Waals surface area contributed by atoms with Crippen LogP contribution in [-0.2, 0) is 16.0 Å². The summed E-state index contributed by atoms with van der Waals surface area (Å²) in [4.78, 5) is 24.6. The van der Waals surface area contributed by atoms with E-state index in [9.17, 15) is 9.59 Å². The number of carbonyl (C=O) groups is 2. The molecular weight excluding hydrogens is 314 g/mol. The van der Waals surface area contributed by atoms with E-state index in [4.69, 9.17) is 5.73 Å². The number of fused-ring (bicyclic) bond motifs is 1. The summed E-state index contributed by atoms with van der Waals surface area (Å²) in [5, 5.41) is 6.14. The van der Waals surface area contributed by atoms with Gasteiger partial charge in [0.1, 0.15) is 0 Å². The van der Waals surface area contributed by atoms with Crippen LogP contribution in [0.15, 0.2) is 18.2 Å². The summed E-state index contributed by atoms with van der Waals surface area (Å²) in [5.74, 6) is 0.242. The van der Waals surface area contributed by atoms with Gasteiger partial charge in [-0.15, -0.1) is 0 Å². The molecule has 1 saturated carbocycles. The highest BCUT2D eigenvalue weighted by atomic mass is 16.2. The van der Waals surface area contributed by atoms with E-state index in [0.717, 1.165) is 50.6 Å². The van der Waals surface area contributed by atoms with E-state index in [-0.39, 0.29) is 29.8 Å². The normalized spacial score (nSPS) is 21.4. The van der Waals surface area contributed by atoms with Gasteiger partial charge in [0.05, 0.1) is 6.04 Å². The first-order chi connectivity index (χ1) is 12.0. The third-order valence-electron chi connectivity index (χ3n) is 5.42. The van der Waals surface area contributed by atoms with Crippen LogP contribution in [0.1, 0.15) is 69.0 Å². The first kappa shape index (κ1) is 17.8. The highest BCUT2D eigenvalue weighted by molar-refractivity contribution is 5.81. The van der Waals surface area contributed by atoms with E-state index in [1.807, 2.05) is 25.1 Å². The van der Waals surface area contributed by atoms with Crippen molar-refractivity contribution < 1.29 is 9.59 Å². The molecule has 0 heterocycles. The van der Waals surface area contributed by atoms with Crippen LogP contribution in [-0.4, -0.2) is 17.9 Å². The van der Waals surface area contributed by atoms with E-state index in [1.54, 1.807) is 0 Å². The van der Waals surface area contributed by atoms with Crippen molar-refractivity contribution in [1.82, 2.24) is 10.6 Å². The molecule has 25 heavy (non-hydrogen) atoms. The van der Waals surface area contributed by atoms with Gasteiger partial charge in [-0.05, 0) is 62.3 Å². The molecule has 1 aromatic carbocycles. The number of nitrogen functional groups attached to an aromatic ring is 1. The van der Waals surface area contributed by atoms with Crippen molar-refractivity contribution in [3.8, 4) is 0 Å². The van der Waals surface area contributed by atoms with Crippen LogP contribution in [0, 0.1) is 5.92 Å². The quantitative estimate of drug-likeness (QED) is 0.719. The summed E-state index contributed by atoms with van der Waals surface area (Å²) in [6.07, 6.45) is 7.57. The van der Waals surface area contributed by atoms with Gasteiger partial charge in [0.15, 0.2) is 0 Å². The number of hydrogen-bond donors (Lipinski definition) is 3. The molecule has 0 radical (unpaired) electrons. The van der Waals surface area contributed by atoms with E-state index in [1.165, 1.54) is 11.1 Å². The Morgan fingerprint density at radius 1 is 1.20 bits per heavy atom. The summed E-state index contributed by atoms with van der Waals surface area (Å²) in [7, 11) is 0. The average molecular weight is 343 g/mol. The summed E-state index contributed by atoms with van der Waals surface area (Å²) in [6.45, 7) is 1.90. The SMILES string of the molecule is CC(CC(=O)NC1CCCc2cc(N)ccc21)NC(=O)C1CCCC1. The van der Waals surface area contributed by atoms with Crippen LogP contribution in [0.3, 0.4) is 0 Å². The average Bonchev–Trinajstić information content (AvgIpc) is 3.09. The molecule has 0 aliphatic heterocycles. The molecule has 136 valence electrons. The maximum Gasteiger partial charge on any atom is 0.223 e. The zero-order valence-corrected chi connectivity index (χ0v) is 15.0. The number of amides is 2. The number of hydrogen-bond acceptors (Lipinski definition) is 3. The van der Waals surface area contributed by atoms with Gasteiger partial charge in [0.2, 0.25) is 11.8 Å². The Bertz CT molecular complexity index is 638. The predicted octanol–water partition coefficient (Wildman–Crippen LogP) is 2.85. The highest BCUT2D eigenvalue weighted by Crippen LogP contribution is 2.31. The molecule has 0 spiro atoms. The van der Waals surface area contributed by atoms with Crippen LogP contribution >= 0.6 is 0 Å². The number of aryl methyl sites for hydroxylation is 1. The number of benzene rings is 1. The standard InChI is InChI=1S/C20H29N3O2/c1-13(22-20(25)14-5-2-3-6-14)11-19(24)23-18-8-4-7-15-12-16(21)9-10-17(15)18/h9-10,12-14,18H,2-8,11,21H2,1H3,(H,22,25)(H,23,24). The minimum atomic E-state index is -0.137. The minimum Gasteiger partial charge on any atom is -0.399 e. The van der Waals surface area contributed by atoms with Crippen molar-refractivity contribution in [2.24, 2.45) is 5.92 Å². The fraction of sp³-hybridized carbons (Fsp3) is 0.600. The first-order valence-electron chi connectivity index (χ1n) is 9.51. The zero-order chi connectivity index (χ0) is 17.8. The summed E-state index contributed by atoms with van der Waals surface area (Å²) < 4.78 is 0. The Labute approximate surface area is 149 Å². The van der Waals surface area contributed by atoms with Gasteiger partial charge in [0.25, 0.3) is 0 Å². The Morgan fingerprint density at radius 2 is 1.96 bits per heavy atom. The Balaban J connectivity index is 1.52. The second-order valence-corrected chi connectivity index (χ2v) is 7.57. The van der Waals surface area contributed by atoms with Gasteiger partial charge in [-0.1, -0.05) is 18.9 Å². The van der Waals surface area contributed by atoms with Crippen molar-refractivity contribution in [3.05, 3.63) is 29.3 Å². The lowest BCUT2D eigenvalue weighted by Crippen LogP contribution is -2.40. The zero-order valence-electron chi connectivity index (χ0n) is 15.0. The first-order valence-corrected chi connectivity index (χ1v) is 9.51. The van der Waals surface area contributed by atoms with Gasteiger partial charge in [0, 0.05) is 24.1 Å². The molecule has 0 bridgehead atoms. The number of nitrogens with one attached hydrogen (secondary N) is 2. The second kappa shape index (κ2) is 7.89. The Hall–Kier alpha value is -2.04. The van der Waals surface area contributed by atoms with Crippen molar-refractivity contribution in [1.29, 1.82) is 0 Å². The molecule has 3 rings (SSSR count). The summed E-state index contributed by atoms with van der Waals surface area (Å²) in [5.41, 5.74) is 9.05. The summed E-state index contributed by atoms with van der Waals surface area (Å²) in [6, 6.07) is 5.85. The summed E-state index contributed by atoms with van der Waals surface area (Å²) >= 11 is 0. The number of rotatable bonds is 5. The monoisotopic (exact) mass is 343 g/mol. The lowest BCUT2D eigenvalue weighted by atomic mass is 9.87. The largest absolute Gasteiger partial charge is 0.399 e. The van der Waals surface area contributed by atoms with Crippen LogP contribution in [0.2, 0.25) is 0 Å².